The predicted octanol–water partition coefficient (Wildman–Crippen LogP) is 4.18. The molecule has 172 valence electrons. The zero-order chi connectivity index (χ0) is 22.6. The van der Waals surface area contributed by atoms with Gasteiger partial charge in [-0.2, -0.15) is 0 Å². The minimum absolute atomic E-state index is 0.0328. The van der Waals surface area contributed by atoms with Gasteiger partial charge in [-0.05, 0) is 73.2 Å². The number of hydrogen-bond acceptors (Lipinski definition) is 5. The van der Waals surface area contributed by atoms with Crippen molar-refractivity contribution < 1.29 is 4.79 Å². The molecule has 0 saturated carbocycles. The van der Waals surface area contributed by atoms with Crippen molar-refractivity contribution in [3.63, 3.8) is 0 Å². The summed E-state index contributed by atoms with van der Waals surface area (Å²) >= 11 is 0. The Balaban J connectivity index is 1.28. The number of aromatic nitrogens is 1. The molecule has 2 aliphatic rings. The van der Waals surface area contributed by atoms with Gasteiger partial charge in [0.15, 0.2) is 0 Å². The predicted molar refractivity (Wildman–Crippen MR) is 134 cm³/mol. The molecule has 5 nitrogen and oxygen atoms in total. The number of nitrogens with one attached hydrogen (secondary N) is 1. The van der Waals surface area contributed by atoms with Gasteiger partial charge in [0.2, 0.25) is 0 Å². The molecule has 0 amide bonds. The maximum Gasteiger partial charge on any atom is 0.150 e. The second-order valence-electron chi connectivity index (χ2n) is 9.72. The number of nitrogens with two attached hydrogens (primary N) is 1. The van der Waals surface area contributed by atoms with Crippen molar-refractivity contribution in [1.29, 1.82) is 0 Å². The fraction of sp³-hybridized carbons (Fsp3) is 0.429. The largest absolute Gasteiger partial charge is 0.383 e. The highest BCUT2D eigenvalue weighted by Crippen LogP contribution is 2.34. The number of carbonyl (C=O) groups excluding carboxylic acids is 1. The van der Waals surface area contributed by atoms with E-state index in [4.69, 9.17) is 5.73 Å². The van der Waals surface area contributed by atoms with E-state index in [1.807, 2.05) is 12.1 Å². The summed E-state index contributed by atoms with van der Waals surface area (Å²) in [7, 11) is 0. The number of hydrogen-bond donors (Lipinski definition) is 2. The maximum atomic E-state index is 13.5. The van der Waals surface area contributed by atoms with Gasteiger partial charge in [-0.25, -0.2) is 4.98 Å². The molecule has 2 saturated heterocycles. The first-order chi connectivity index (χ1) is 16.2. The third-order valence-electron chi connectivity index (χ3n) is 7.52. The fourth-order valence-corrected chi connectivity index (χ4v) is 5.64. The number of piperidine rings is 1. The number of benzene rings is 2. The number of Topliss-reactive ketones (excluding diaryl/α,β-unsaturated/α-hetero) is 1. The number of pyridine rings is 1. The Labute approximate surface area is 196 Å². The van der Waals surface area contributed by atoms with Crippen molar-refractivity contribution in [2.24, 2.45) is 5.92 Å². The van der Waals surface area contributed by atoms with Crippen LogP contribution in [0.15, 0.2) is 60.8 Å². The van der Waals surface area contributed by atoms with Crippen molar-refractivity contribution in [2.75, 3.05) is 31.9 Å². The molecule has 0 unspecified atom stereocenters. The third kappa shape index (κ3) is 5.10. The molecular formula is C28H34N4O. The number of aryl methyl sites for hydroxylation is 1. The van der Waals surface area contributed by atoms with E-state index in [1.165, 1.54) is 24.0 Å². The Morgan fingerprint density at radius 2 is 1.91 bits per heavy atom. The summed E-state index contributed by atoms with van der Waals surface area (Å²) in [6.07, 6.45) is 6.46. The van der Waals surface area contributed by atoms with Crippen molar-refractivity contribution in [3.8, 4) is 0 Å². The van der Waals surface area contributed by atoms with Gasteiger partial charge in [0.05, 0.1) is 6.04 Å². The van der Waals surface area contributed by atoms with Crippen LogP contribution in [0.2, 0.25) is 0 Å². The number of anilines is 1. The number of nitrogen functional groups attached to an aromatic ring is 1. The van der Waals surface area contributed by atoms with Crippen LogP contribution in [0.3, 0.4) is 0 Å². The van der Waals surface area contributed by atoms with E-state index >= 15 is 0 Å². The van der Waals surface area contributed by atoms with Crippen LogP contribution in [-0.4, -0.2) is 47.9 Å². The molecule has 3 aromatic rings. The fourth-order valence-electron chi connectivity index (χ4n) is 5.64. The van der Waals surface area contributed by atoms with Crippen LogP contribution < -0.4 is 11.1 Å². The van der Waals surface area contributed by atoms with Gasteiger partial charge in [-0.3, -0.25) is 9.69 Å². The van der Waals surface area contributed by atoms with Gasteiger partial charge in [0.1, 0.15) is 11.6 Å². The van der Waals surface area contributed by atoms with Gasteiger partial charge in [-0.1, -0.05) is 48.5 Å². The molecule has 5 heteroatoms. The molecule has 0 radical (unpaired) electrons. The first kappa shape index (κ1) is 22.1. The second kappa shape index (κ2) is 10.0. The normalized spacial score (nSPS) is 22.1. The minimum Gasteiger partial charge on any atom is -0.383 e. The lowest BCUT2D eigenvalue weighted by Crippen LogP contribution is -2.41. The Morgan fingerprint density at radius 3 is 2.73 bits per heavy atom. The van der Waals surface area contributed by atoms with Crippen molar-refractivity contribution in [1.82, 2.24) is 15.2 Å². The zero-order valence-corrected chi connectivity index (χ0v) is 19.2. The molecule has 3 N–H and O–H groups in total. The topological polar surface area (TPSA) is 71.2 Å². The van der Waals surface area contributed by atoms with Crippen LogP contribution in [-0.2, 0) is 11.2 Å². The minimum atomic E-state index is 0.0328. The number of rotatable bonds is 7. The summed E-state index contributed by atoms with van der Waals surface area (Å²) in [4.78, 5) is 20.1. The maximum absolute atomic E-state index is 13.5. The van der Waals surface area contributed by atoms with E-state index in [-0.39, 0.29) is 6.04 Å². The van der Waals surface area contributed by atoms with E-state index in [0.717, 1.165) is 49.8 Å². The average Bonchev–Trinajstić information content (AvgIpc) is 3.28. The van der Waals surface area contributed by atoms with Crippen LogP contribution in [0.4, 0.5) is 5.82 Å². The average molecular weight is 443 g/mol. The third-order valence-corrected chi connectivity index (χ3v) is 7.52. The van der Waals surface area contributed by atoms with E-state index in [1.54, 1.807) is 6.20 Å². The van der Waals surface area contributed by atoms with Crippen LogP contribution >= 0.6 is 0 Å². The highest BCUT2D eigenvalue weighted by molar-refractivity contribution is 5.91. The van der Waals surface area contributed by atoms with Crippen LogP contribution in [0, 0.1) is 5.92 Å². The van der Waals surface area contributed by atoms with Crippen LogP contribution in [0.25, 0.3) is 10.8 Å². The molecule has 2 atom stereocenters. The summed E-state index contributed by atoms with van der Waals surface area (Å²) in [6.45, 7) is 4.23. The molecule has 1 aromatic heterocycles. The Hall–Kier alpha value is -2.76. The lowest BCUT2D eigenvalue weighted by Gasteiger charge is -2.30. The first-order valence-electron chi connectivity index (χ1n) is 12.3. The Bertz CT molecular complexity index is 1090. The van der Waals surface area contributed by atoms with Gasteiger partial charge in [0.25, 0.3) is 0 Å². The monoisotopic (exact) mass is 442 g/mol. The van der Waals surface area contributed by atoms with Gasteiger partial charge >= 0.3 is 0 Å². The van der Waals surface area contributed by atoms with Gasteiger partial charge < -0.3 is 11.1 Å². The zero-order valence-electron chi connectivity index (χ0n) is 19.2. The van der Waals surface area contributed by atoms with E-state index in [0.29, 0.717) is 29.9 Å². The van der Waals surface area contributed by atoms with Gasteiger partial charge in [0, 0.05) is 31.1 Å². The molecule has 2 aliphatic heterocycles. The SMILES string of the molecule is Nc1nccc2cc(CCC(=O)[C@@H]3C[C@@H](c4ccccc4)CN3CC3CCNCC3)ccc12. The Morgan fingerprint density at radius 1 is 1.09 bits per heavy atom. The van der Waals surface area contributed by atoms with E-state index in [9.17, 15) is 4.79 Å². The standard InChI is InChI=1S/C28H34N4O/c29-28-25-8-6-20(16-23(25)12-15-31-28)7-9-27(33)26-17-24(22-4-2-1-3-5-22)19-32(26)18-21-10-13-30-14-11-21/h1-6,8,12,15-16,21,24,26,30H,7,9-11,13-14,17-19H2,(H2,29,31)/t24-,26+/m1/s1. The summed E-state index contributed by atoms with van der Waals surface area (Å²) in [5, 5.41) is 5.53. The quantitative estimate of drug-likeness (QED) is 0.574. The van der Waals surface area contributed by atoms with Gasteiger partial charge in [-0.15, -0.1) is 0 Å². The number of fused-ring (bicyclic) bond motifs is 1. The molecule has 0 spiro atoms. The lowest BCUT2D eigenvalue weighted by molar-refractivity contribution is -0.123. The summed E-state index contributed by atoms with van der Waals surface area (Å²) in [5.41, 5.74) is 8.54. The summed E-state index contributed by atoms with van der Waals surface area (Å²) < 4.78 is 0. The van der Waals surface area contributed by atoms with Crippen molar-refractivity contribution >= 4 is 22.4 Å². The molecule has 5 rings (SSSR count). The summed E-state index contributed by atoms with van der Waals surface area (Å²) in [5.74, 6) is 2.08. The molecule has 3 heterocycles. The lowest BCUT2D eigenvalue weighted by atomic mass is 9.93. The number of ketones is 1. The smallest absolute Gasteiger partial charge is 0.150 e. The molecule has 2 fully saturated rings. The molecule has 2 aromatic carbocycles. The summed E-state index contributed by atoms with van der Waals surface area (Å²) in [6, 6.07) is 19.0. The van der Waals surface area contributed by atoms with E-state index < -0.39 is 0 Å². The second-order valence-corrected chi connectivity index (χ2v) is 9.72. The highest BCUT2D eigenvalue weighted by Gasteiger charge is 2.37. The number of likely N-dealkylation sites (tertiary alicyclic amines) is 1. The van der Waals surface area contributed by atoms with Crippen LogP contribution in [0.5, 0.6) is 0 Å². The molecular weight excluding hydrogens is 408 g/mol. The molecule has 33 heavy (non-hydrogen) atoms. The van der Waals surface area contributed by atoms with Crippen molar-refractivity contribution in [3.05, 3.63) is 71.9 Å². The highest BCUT2D eigenvalue weighted by atomic mass is 16.1. The Kier molecular flexibility index (Phi) is 6.70. The molecule has 0 aliphatic carbocycles. The first-order valence-corrected chi connectivity index (χ1v) is 12.3. The molecule has 0 bridgehead atoms. The van der Waals surface area contributed by atoms with E-state index in [2.05, 4.69) is 57.7 Å². The van der Waals surface area contributed by atoms with Crippen molar-refractivity contribution in [2.45, 2.75) is 44.1 Å². The van der Waals surface area contributed by atoms with Crippen LogP contribution in [0.1, 0.15) is 42.7 Å². The number of nitrogens with zero attached hydrogens (tertiary/aromatic N) is 2. The number of carbonyl (C=O) groups is 1.